The van der Waals surface area contributed by atoms with E-state index in [0.29, 0.717) is 12.1 Å². The summed E-state index contributed by atoms with van der Waals surface area (Å²) in [7, 11) is 3.70. The van der Waals surface area contributed by atoms with Crippen LogP contribution in [0.25, 0.3) is 0 Å². The van der Waals surface area contributed by atoms with Crippen molar-refractivity contribution in [1.29, 1.82) is 0 Å². The van der Waals surface area contributed by atoms with Crippen molar-refractivity contribution in [3.05, 3.63) is 52.0 Å². The molecule has 1 heterocycles. The minimum absolute atomic E-state index is 0.0105. The molecule has 4 nitrogen and oxygen atoms in total. The van der Waals surface area contributed by atoms with Gasteiger partial charge in [0.15, 0.2) is 0 Å². The third-order valence-electron chi connectivity index (χ3n) is 3.07. The highest BCUT2D eigenvalue weighted by atomic mass is 79.9. The smallest absolute Gasteiger partial charge is 0.254 e. The molecule has 5 heteroatoms. The number of aryl methyl sites for hydroxylation is 2. The fraction of sp³-hybridized carbons (Fsp3) is 0.286. The maximum absolute atomic E-state index is 12.3. The van der Waals surface area contributed by atoms with Crippen molar-refractivity contribution >= 4 is 21.8 Å². The van der Waals surface area contributed by atoms with E-state index < -0.39 is 0 Å². The SMILES string of the molecule is Cc1ccc(C(=O)N(C)Cc2nccn2C)cc1Br. The van der Waals surface area contributed by atoms with Crippen molar-refractivity contribution in [3.63, 3.8) is 0 Å². The summed E-state index contributed by atoms with van der Waals surface area (Å²) in [6.07, 6.45) is 3.60. The van der Waals surface area contributed by atoms with Crippen LogP contribution in [0.4, 0.5) is 0 Å². The molecule has 0 atom stereocenters. The average Bonchev–Trinajstić information content (AvgIpc) is 2.77. The first-order valence-corrected chi connectivity index (χ1v) is 6.76. The van der Waals surface area contributed by atoms with Gasteiger partial charge in [0, 0.05) is 36.5 Å². The lowest BCUT2D eigenvalue weighted by atomic mass is 10.1. The molecule has 0 N–H and O–H groups in total. The number of amides is 1. The molecule has 0 aliphatic rings. The molecule has 0 spiro atoms. The number of hydrogen-bond donors (Lipinski definition) is 0. The highest BCUT2D eigenvalue weighted by Gasteiger charge is 2.14. The van der Waals surface area contributed by atoms with Crippen LogP contribution in [0.5, 0.6) is 0 Å². The van der Waals surface area contributed by atoms with Crippen molar-refractivity contribution in [2.75, 3.05) is 7.05 Å². The fourth-order valence-electron chi connectivity index (χ4n) is 1.78. The van der Waals surface area contributed by atoms with Crippen molar-refractivity contribution in [2.45, 2.75) is 13.5 Å². The molecular formula is C14H16BrN3O. The van der Waals surface area contributed by atoms with Gasteiger partial charge in [-0.2, -0.15) is 0 Å². The highest BCUT2D eigenvalue weighted by Crippen LogP contribution is 2.18. The molecule has 100 valence electrons. The number of carbonyl (C=O) groups is 1. The molecular weight excluding hydrogens is 306 g/mol. The number of halogens is 1. The number of aromatic nitrogens is 2. The van der Waals surface area contributed by atoms with E-state index in [9.17, 15) is 4.79 Å². The van der Waals surface area contributed by atoms with Crippen LogP contribution in [-0.4, -0.2) is 27.4 Å². The second-order valence-electron chi connectivity index (χ2n) is 4.58. The van der Waals surface area contributed by atoms with Gasteiger partial charge in [0.25, 0.3) is 5.91 Å². The van der Waals surface area contributed by atoms with Crippen molar-refractivity contribution in [3.8, 4) is 0 Å². The Hall–Kier alpha value is -1.62. The van der Waals surface area contributed by atoms with E-state index in [1.54, 1.807) is 18.1 Å². The summed E-state index contributed by atoms with van der Waals surface area (Å²) < 4.78 is 2.86. The third kappa shape index (κ3) is 3.04. The molecule has 0 aliphatic heterocycles. The Labute approximate surface area is 121 Å². The van der Waals surface area contributed by atoms with E-state index in [1.807, 2.05) is 42.9 Å². The van der Waals surface area contributed by atoms with Crippen LogP contribution in [0.3, 0.4) is 0 Å². The summed E-state index contributed by atoms with van der Waals surface area (Å²) in [6.45, 7) is 2.49. The molecule has 0 fully saturated rings. The van der Waals surface area contributed by atoms with E-state index in [4.69, 9.17) is 0 Å². The molecule has 0 saturated heterocycles. The summed E-state index contributed by atoms with van der Waals surface area (Å²) in [5.41, 5.74) is 1.79. The Morgan fingerprint density at radius 1 is 1.47 bits per heavy atom. The first-order valence-electron chi connectivity index (χ1n) is 5.97. The van der Waals surface area contributed by atoms with Crippen LogP contribution in [0.1, 0.15) is 21.7 Å². The summed E-state index contributed by atoms with van der Waals surface area (Å²) in [4.78, 5) is 18.2. The Morgan fingerprint density at radius 2 is 2.21 bits per heavy atom. The van der Waals surface area contributed by atoms with Gasteiger partial charge in [-0.15, -0.1) is 0 Å². The van der Waals surface area contributed by atoms with Crippen LogP contribution in [0.15, 0.2) is 35.1 Å². The monoisotopic (exact) mass is 321 g/mol. The van der Waals surface area contributed by atoms with Gasteiger partial charge in [-0.25, -0.2) is 4.98 Å². The zero-order chi connectivity index (χ0) is 14.0. The van der Waals surface area contributed by atoms with Crippen LogP contribution >= 0.6 is 15.9 Å². The van der Waals surface area contributed by atoms with Crippen LogP contribution in [0, 0.1) is 6.92 Å². The zero-order valence-corrected chi connectivity index (χ0v) is 12.8. The molecule has 0 saturated carbocycles. The van der Waals surface area contributed by atoms with Gasteiger partial charge >= 0.3 is 0 Å². The molecule has 2 rings (SSSR count). The summed E-state index contributed by atoms with van der Waals surface area (Å²) in [5.74, 6) is 0.853. The first kappa shape index (κ1) is 13.8. The molecule has 1 aromatic carbocycles. The van der Waals surface area contributed by atoms with Crippen LogP contribution in [0.2, 0.25) is 0 Å². The van der Waals surface area contributed by atoms with Gasteiger partial charge < -0.3 is 9.47 Å². The topological polar surface area (TPSA) is 38.1 Å². The molecule has 0 aliphatic carbocycles. The number of nitrogens with zero attached hydrogens (tertiary/aromatic N) is 3. The fourth-order valence-corrected chi connectivity index (χ4v) is 2.16. The van der Waals surface area contributed by atoms with Gasteiger partial charge in [0.2, 0.25) is 0 Å². The van der Waals surface area contributed by atoms with Gasteiger partial charge in [0.1, 0.15) is 5.82 Å². The van der Waals surface area contributed by atoms with Crippen molar-refractivity contribution in [2.24, 2.45) is 7.05 Å². The Balaban J connectivity index is 2.15. The average molecular weight is 322 g/mol. The number of imidazole rings is 1. The van der Waals surface area contributed by atoms with E-state index in [-0.39, 0.29) is 5.91 Å². The largest absolute Gasteiger partial charge is 0.337 e. The number of hydrogen-bond acceptors (Lipinski definition) is 2. The minimum atomic E-state index is -0.0105. The Bertz CT molecular complexity index is 606. The van der Waals surface area contributed by atoms with Gasteiger partial charge in [-0.1, -0.05) is 22.0 Å². The lowest BCUT2D eigenvalue weighted by molar-refractivity contribution is 0.0780. The maximum Gasteiger partial charge on any atom is 0.254 e. The van der Waals surface area contributed by atoms with Gasteiger partial charge in [-0.05, 0) is 24.6 Å². The van der Waals surface area contributed by atoms with Gasteiger partial charge in [-0.3, -0.25) is 4.79 Å². The molecule has 0 bridgehead atoms. The van der Waals surface area contributed by atoms with E-state index in [1.165, 1.54) is 0 Å². The predicted octanol–water partition coefficient (Wildman–Crippen LogP) is 2.76. The third-order valence-corrected chi connectivity index (χ3v) is 3.92. The van der Waals surface area contributed by atoms with Gasteiger partial charge in [0.05, 0.1) is 6.54 Å². The predicted molar refractivity (Wildman–Crippen MR) is 77.9 cm³/mol. The van der Waals surface area contributed by atoms with Crippen molar-refractivity contribution < 1.29 is 4.79 Å². The molecule has 0 unspecified atom stereocenters. The molecule has 0 radical (unpaired) electrons. The highest BCUT2D eigenvalue weighted by molar-refractivity contribution is 9.10. The van der Waals surface area contributed by atoms with E-state index in [0.717, 1.165) is 15.9 Å². The molecule has 1 amide bonds. The van der Waals surface area contributed by atoms with E-state index >= 15 is 0 Å². The number of carbonyl (C=O) groups excluding carboxylic acids is 1. The standard InChI is InChI=1S/C14H16BrN3O/c1-10-4-5-11(8-12(10)15)14(19)18(3)9-13-16-6-7-17(13)2/h4-8H,9H2,1-3H3. The lowest BCUT2D eigenvalue weighted by Crippen LogP contribution is -2.27. The summed E-state index contributed by atoms with van der Waals surface area (Å²) >= 11 is 3.45. The van der Waals surface area contributed by atoms with E-state index in [2.05, 4.69) is 20.9 Å². The van der Waals surface area contributed by atoms with Crippen LogP contribution < -0.4 is 0 Å². The van der Waals surface area contributed by atoms with Crippen LogP contribution in [-0.2, 0) is 13.6 Å². The minimum Gasteiger partial charge on any atom is -0.337 e. The van der Waals surface area contributed by atoms with Crippen molar-refractivity contribution in [1.82, 2.24) is 14.5 Å². The summed E-state index contributed by atoms with van der Waals surface area (Å²) in [6, 6.07) is 5.63. The lowest BCUT2D eigenvalue weighted by Gasteiger charge is -2.17. The molecule has 1 aromatic heterocycles. The normalized spacial score (nSPS) is 10.5. The zero-order valence-electron chi connectivity index (χ0n) is 11.2. The second-order valence-corrected chi connectivity index (χ2v) is 5.43. The molecule has 19 heavy (non-hydrogen) atoms. The number of rotatable bonds is 3. The number of benzene rings is 1. The quantitative estimate of drug-likeness (QED) is 0.871. The molecule has 2 aromatic rings. The summed E-state index contributed by atoms with van der Waals surface area (Å²) in [5, 5.41) is 0. The Morgan fingerprint density at radius 3 is 2.79 bits per heavy atom. The maximum atomic E-state index is 12.3. The first-order chi connectivity index (χ1) is 8.99. The second kappa shape index (κ2) is 5.57. The Kier molecular flexibility index (Phi) is 4.04.